The molecule has 3 rings (SSSR count). The van der Waals surface area contributed by atoms with Crippen molar-refractivity contribution in [3.05, 3.63) is 33.5 Å². The zero-order valence-electron chi connectivity index (χ0n) is 15.0. The van der Waals surface area contributed by atoms with Gasteiger partial charge in [0.2, 0.25) is 0 Å². The van der Waals surface area contributed by atoms with Crippen molar-refractivity contribution in [2.45, 2.75) is 48.1 Å². The molecular weight excluding hydrogens is 288 g/mol. The first-order valence-corrected chi connectivity index (χ1v) is 8.09. The molecule has 122 valence electrons. The van der Waals surface area contributed by atoms with Gasteiger partial charge >= 0.3 is 0 Å². The molecule has 0 saturated heterocycles. The van der Waals surface area contributed by atoms with Gasteiger partial charge in [-0.15, -0.1) is 0 Å². The molecule has 0 unspecified atom stereocenters. The summed E-state index contributed by atoms with van der Waals surface area (Å²) in [4.78, 5) is 12.5. The third kappa shape index (κ3) is 2.12. The second kappa shape index (κ2) is 5.22. The summed E-state index contributed by atoms with van der Waals surface area (Å²) in [5, 5.41) is 4.52. The minimum absolute atomic E-state index is 0.0713. The van der Waals surface area contributed by atoms with Gasteiger partial charge in [-0.05, 0) is 49.9 Å². The van der Waals surface area contributed by atoms with Crippen molar-refractivity contribution in [2.75, 3.05) is 0 Å². The Bertz CT molecular complexity index is 829. The van der Waals surface area contributed by atoms with E-state index in [1.165, 1.54) is 22.3 Å². The summed E-state index contributed by atoms with van der Waals surface area (Å²) in [6, 6.07) is 0. The average molecular weight is 312 g/mol. The van der Waals surface area contributed by atoms with E-state index in [9.17, 15) is 4.79 Å². The Labute approximate surface area is 137 Å². The molecule has 0 atom stereocenters. The van der Waals surface area contributed by atoms with Gasteiger partial charge in [-0.2, -0.15) is 5.10 Å². The normalized spacial score (nSPS) is 12.9. The molecule has 0 radical (unpaired) electrons. The number of fused-ring (bicyclic) bond motifs is 3. The lowest BCUT2D eigenvalue weighted by Crippen LogP contribution is -2.15. The van der Waals surface area contributed by atoms with Gasteiger partial charge in [-0.3, -0.25) is 9.48 Å². The van der Waals surface area contributed by atoms with Crippen molar-refractivity contribution in [1.29, 1.82) is 0 Å². The summed E-state index contributed by atoms with van der Waals surface area (Å²) in [6.45, 7) is 12.7. The van der Waals surface area contributed by atoms with Crippen LogP contribution in [0, 0.1) is 33.6 Å². The number of benzene rings is 1. The smallest absolute Gasteiger partial charge is 0.186 e. The topological polar surface area (TPSA) is 44.1 Å². The highest BCUT2D eigenvalue weighted by Crippen LogP contribution is 2.45. The van der Waals surface area contributed by atoms with Crippen molar-refractivity contribution in [1.82, 2.24) is 9.78 Å². The number of carbonyl (C=O) groups is 1. The molecule has 0 spiro atoms. The van der Waals surface area contributed by atoms with Crippen molar-refractivity contribution in [3.63, 3.8) is 0 Å². The Hall–Kier alpha value is -2.10. The van der Waals surface area contributed by atoms with E-state index in [1.807, 2.05) is 25.6 Å². The Morgan fingerprint density at radius 1 is 1.09 bits per heavy atom. The molecule has 4 heteroatoms. The largest absolute Gasteiger partial charge is 0.488 e. The summed E-state index contributed by atoms with van der Waals surface area (Å²) in [5.41, 5.74) is 8.51. The molecule has 0 fully saturated rings. The molecule has 0 N–H and O–H groups in total. The van der Waals surface area contributed by atoms with Crippen molar-refractivity contribution in [2.24, 2.45) is 13.0 Å². The molecule has 1 aliphatic rings. The fourth-order valence-corrected chi connectivity index (χ4v) is 3.38. The lowest BCUT2D eigenvalue weighted by atomic mass is 9.88. The number of nitrogens with zero attached hydrogens (tertiary/aromatic N) is 2. The molecule has 2 aromatic rings. The van der Waals surface area contributed by atoms with Crippen molar-refractivity contribution in [3.8, 4) is 17.0 Å². The first-order chi connectivity index (χ1) is 10.8. The van der Waals surface area contributed by atoms with Gasteiger partial charge in [0.1, 0.15) is 18.1 Å². The number of carbonyl (C=O) groups excluding carboxylic acids is 1. The van der Waals surface area contributed by atoms with Crippen LogP contribution in [0.4, 0.5) is 0 Å². The second-order valence-electron chi connectivity index (χ2n) is 6.81. The minimum Gasteiger partial charge on any atom is -0.488 e. The van der Waals surface area contributed by atoms with Crippen LogP contribution in [0.3, 0.4) is 0 Å². The highest BCUT2D eigenvalue weighted by molar-refractivity contribution is 5.99. The third-order valence-electron chi connectivity index (χ3n) is 5.13. The Balaban J connectivity index is 2.33. The summed E-state index contributed by atoms with van der Waals surface area (Å²) >= 11 is 0. The molecule has 0 aliphatic carbocycles. The van der Waals surface area contributed by atoms with Crippen LogP contribution in [0.25, 0.3) is 11.3 Å². The Morgan fingerprint density at radius 3 is 2.30 bits per heavy atom. The Morgan fingerprint density at radius 2 is 1.70 bits per heavy atom. The second-order valence-corrected chi connectivity index (χ2v) is 6.81. The zero-order valence-corrected chi connectivity index (χ0v) is 15.0. The lowest BCUT2D eigenvalue weighted by molar-refractivity contribution is 0.0931. The number of hydrogen-bond acceptors (Lipinski definition) is 3. The minimum atomic E-state index is -0.0713. The third-order valence-corrected chi connectivity index (χ3v) is 5.13. The van der Waals surface area contributed by atoms with Crippen molar-refractivity contribution >= 4 is 5.78 Å². The standard InChI is InChI=1S/C19H24N2O2/c1-9(2)18(22)16-14-8-23-19-13(6)11(4)10(3)12(5)15(19)17(14)21(7)20-16/h9H,8H2,1-7H3. The van der Waals surface area contributed by atoms with Crippen LogP contribution in [0.1, 0.15) is 52.2 Å². The summed E-state index contributed by atoms with van der Waals surface area (Å²) < 4.78 is 7.92. The molecule has 1 aliphatic heterocycles. The van der Waals surface area contributed by atoms with E-state index in [4.69, 9.17) is 4.74 Å². The number of Topliss-reactive ketones (excluding diaryl/α,β-unsaturated/α-hetero) is 1. The van der Waals surface area contributed by atoms with E-state index >= 15 is 0 Å². The van der Waals surface area contributed by atoms with Crippen LogP contribution in [0.15, 0.2) is 0 Å². The van der Waals surface area contributed by atoms with E-state index in [1.54, 1.807) is 0 Å². The number of aryl methyl sites for hydroxylation is 1. The molecule has 1 aromatic heterocycles. The van der Waals surface area contributed by atoms with E-state index in [2.05, 4.69) is 32.8 Å². The average Bonchev–Trinajstić information content (AvgIpc) is 2.86. The fourth-order valence-electron chi connectivity index (χ4n) is 3.38. The van der Waals surface area contributed by atoms with Crippen LogP contribution >= 0.6 is 0 Å². The SMILES string of the molecule is Cc1c(C)c(C)c2c(c1C)OCc1c(C(=O)C(C)C)nn(C)c1-2. The van der Waals surface area contributed by atoms with Gasteiger partial charge in [-0.1, -0.05) is 13.8 Å². The fraction of sp³-hybridized carbons (Fsp3) is 0.474. The molecule has 1 aromatic carbocycles. The zero-order chi connectivity index (χ0) is 17.0. The van der Waals surface area contributed by atoms with Gasteiger partial charge in [0.15, 0.2) is 5.78 Å². The maximum Gasteiger partial charge on any atom is 0.186 e. The van der Waals surface area contributed by atoms with Crippen molar-refractivity contribution < 1.29 is 9.53 Å². The molecule has 4 nitrogen and oxygen atoms in total. The first kappa shape index (κ1) is 15.8. The first-order valence-electron chi connectivity index (χ1n) is 8.09. The van der Waals surface area contributed by atoms with Gasteiger partial charge in [0.05, 0.1) is 5.69 Å². The monoisotopic (exact) mass is 312 g/mol. The Kier molecular flexibility index (Phi) is 3.58. The molecular formula is C19H24N2O2. The molecule has 0 saturated carbocycles. The van der Waals surface area contributed by atoms with Gasteiger partial charge < -0.3 is 4.74 Å². The number of rotatable bonds is 2. The quantitative estimate of drug-likeness (QED) is 0.786. The number of ether oxygens (including phenoxy) is 1. The number of ketones is 1. The predicted molar refractivity (Wildman–Crippen MR) is 91.1 cm³/mol. The van der Waals surface area contributed by atoms with Crippen LogP contribution < -0.4 is 4.74 Å². The van der Waals surface area contributed by atoms with Crippen LogP contribution in [0.5, 0.6) is 5.75 Å². The summed E-state index contributed by atoms with van der Waals surface area (Å²) in [6.07, 6.45) is 0. The molecule has 0 bridgehead atoms. The van der Waals surface area contributed by atoms with E-state index in [-0.39, 0.29) is 11.7 Å². The van der Waals surface area contributed by atoms with Crippen LogP contribution in [0.2, 0.25) is 0 Å². The van der Waals surface area contributed by atoms with Crippen LogP contribution in [-0.2, 0) is 13.7 Å². The summed E-state index contributed by atoms with van der Waals surface area (Å²) in [7, 11) is 1.91. The van der Waals surface area contributed by atoms with E-state index in [0.29, 0.717) is 12.3 Å². The van der Waals surface area contributed by atoms with Gasteiger partial charge in [-0.25, -0.2) is 0 Å². The highest BCUT2D eigenvalue weighted by atomic mass is 16.5. The molecule has 2 heterocycles. The molecule has 0 amide bonds. The van der Waals surface area contributed by atoms with Crippen LogP contribution in [-0.4, -0.2) is 15.6 Å². The highest BCUT2D eigenvalue weighted by Gasteiger charge is 2.32. The lowest BCUT2D eigenvalue weighted by Gasteiger charge is -2.25. The maximum absolute atomic E-state index is 12.5. The molecule has 23 heavy (non-hydrogen) atoms. The number of aromatic nitrogens is 2. The van der Waals surface area contributed by atoms with Gasteiger partial charge in [0, 0.05) is 24.1 Å². The predicted octanol–water partition coefficient (Wildman–Crippen LogP) is 4.05. The summed E-state index contributed by atoms with van der Waals surface area (Å²) in [5.74, 6) is 0.940. The number of hydrogen-bond donors (Lipinski definition) is 0. The van der Waals surface area contributed by atoms with E-state index < -0.39 is 0 Å². The maximum atomic E-state index is 12.5. The van der Waals surface area contributed by atoms with Gasteiger partial charge in [0.25, 0.3) is 0 Å². The van der Waals surface area contributed by atoms with E-state index in [0.717, 1.165) is 22.6 Å².